The minimum Gasteiger partial charge on any atom is -0.497 e. The molecule has 7 heteroatoms. The van der Waals surface area contributed by atoms with Crippen molar-refractivity contribution >= 4 is 22.2 Å². The summed E-state index contributed by atoms with van der Waals surface area (Å²) in [5.41, 5.74) is 2.23. The molecule has 0 aliphatic rings. The summed E-state index contributed by atoms with van der Waals surface area (Å²) in [6.45, 7) is 1.93. The summed E-state index contributed by atoms with van der Waals surface area (Å²) >= 11 is 0. The van der Waals surface area contributed by atoms with Crippen LogP contribution in [-0.2, 0) is 0 Å². The van der Waals surface area contributed by atoms with Crippen LogP contribution in [0.2, 0.25) is 0 Å². The number of hydrogen-bond donors (Lipinski definition) is 0. The number of methoxy groups -OCH3 is 3. The molecule has 0 saturated heterocycles. The Morgan fingerprint density at radius 2 is 1.44 bits per heavy atom. The molecule has 0 radical (unpaired) electrons. The highest BCUT2D eigenvalue weighted by Gasteiger charge is 2.28. The number of carbonyl (C=O) groups excluding carboxylic acids is 1. The van der Waals surface area contributed by atoms with E-state index in [4.69, 9.17) is 14.2 Å². The first-order valence-electron chi connectivity index (χ1n) is 10.5. The first-order valence-corrected chi connectivity index (χ1v) is 10.5. The molecule has 0 N–H and O–H groups in total. The minimum absolute atomic E-state index is 0.180. The van der Waals surface area contributed by atoms with Crippen LogP contribution in [0.4, 0.5) is 5.69 Å². The normalized spacial score (nSPS) is 10.7. The Labute approximate surface area is 196 Å². The average Bonchev–Trinajstić information content (AvgIpc) is 2.86. The third kappa shape index (κ3) is 4.03. The van der Waals surface area contributed by atoms with Crippen LogP contribution in [0.3, 0.4) is 0 Å². The molecule has 0 aliphatic carbocycles. The van der Waals surface area contributed by atoms with Gasteiger partial charge in [0.1, 0.15) is 5.75 Å². The van der Waals surface area contributed by atoms with Crippen LogP contribution >= 0.6 is 0 Å². The number of carbonyl (C=O) groups is 1. The molecule has 4 rings (SSSR count). The number of hydrogen-bond acceptors (Lipinski definition) is 6. The Bertz CT molecular complexity index is 1390. The number of ether oxygens (including phenoxy) is 3. The zero-order valence-corrected chi connectivity index (χ0v) is 19.2. The first-order chi connectivity index (χ1) is 16.4. The number of aryl methyl sites for hydroxylation is 1. The third-order valence-electron chi connectivity index (χ3n) is 5.74. The molecular formula is C27H23NO6. The lowest BCUT2D eigenvalue weighted by Crippen LogP contribution is -2.08. The summed E-state index contributed by atoms with van der Waals surface area (Å²) in [6, 6.07) is 18.7. The van der Waals surface area contributed by atoms with Gasteiger partial charge in [0, 0.05) is 17.2 Å². The van der Waals surface area contributed by atoms with E-state index in [0.717, 1.165) is 5.56 Å². The second-order valence-electron chi connectivity index (χ2n) is 7.75. The number of nitrogens with zero attached hydrogens (tertiary/aromatic N) is 1. The molecule has 0 aromatic heterocycles. The maximum absolute atomic E-state index is 13.9. The maximum atomic E-state index is 13.9. The predicted molar refractivity (Wildman–Crippen MR) is 130 cm³/mol. The zero-order chi connectivity index (χ0) is 24.4. The monoisotopic (exact) mass is 457 g/mol. The van der Waals surface area contributed by atoms with Gasteiger partial charge in [0.25, 0.3) is 5.69 Å². The summed E-state index contributed by atoms with van der Waals surface area (Å²) in [4.78, 5) is 25.6. The van der Waals surface area contributed by atoms with Crippen molar-refractivity contribution in [2.24, 2.45) is 0 Å². The molecule has 4 aromatic rings. The Balaban J connectivity index is 2.14. The van der Waals surface area contributed by atoms with Gasteiger partial charge in [0.05, 0.1) is 31.8 Å². The summed E-state index contributed by atoms with van der Waals surface area (Å²) in [5.74, 6) is 1.11. The molecule has 0 atom stereocenters. The summed E-state index contributed by atoms with van der Waals surface area (Å²) < 4.78 is 16.1. The Hall–Kier alpha value is -4.39. The number of benzene rings is 4. The smallest absolute Gasteiger partial charge is 0.278 e. The van der Waals surface area contributed by atoms with E-state index < -0.39 is 4.92 Å². The number of nitro benzene ring substituents is 1. The molecule has 0 heterocycles. The fourth-order valence-corrected chi connectivity index (χ4v) is 3.99. The lowest BCUT2D eigenvalue weighted by atomic mass is 9.87. The average molecular weight is 457 g/mol. The highest BCUT2D eigenvalue weighted by molar-refractivity contribution is 6.22. The van der Waals surface area contributed by atoms with E-state index in [1.807, 2.05) is 19.1 Å². The van der Waals surface area contributed by atoms with Crippen LogP contribution in [0.5, 0.6) is 17.2 Å². The van der Waals surface area contributed by atoms with Crippen LogP contribution in [0, 0.1) is 17.0 Å². The number of ketones is 1. The van der Waals surface area contributed by atoms with Crippen LogP contribution in [0.15, 0.2) is 66.7 Å². The van der Waals surface area contributed by atoms with E-state index >= 15 is 0 Å². The van der Waals surface area contributed by atoms with Crippen molar-refractivity contribution in [3.8, 4) is 28.4 Å². The number of fused-ring (bicyclic) bond motifs is 1. The Morgan fingerprint density at radius 1 is 0.824 bits per heavy atom. The van der Waals surface area contributed by atoms with Gasteiger partial charge in [0.2, 0.25) is 0 Å². The second kappa shape index (κ2) is 9.23. The van der Waals surface area contributed by atoms with Crippen molar-refractivity contribution in [1.29, 1.82) is 0 Å². The van der Waals surface area contributed by atoms with Crippen molar-refractivity contribution in [2.75, 3.05) is 21.3 Å². The molecule has 0 aliphatic heterocycles. The van der Waals surface area contributed by atoms with Crippen molar-refractivity contribution in [1.82, 2.24) is 0 Å². The van der Waals surface area contributed by atoms with E-state index in [9.17, 15) is 14.9 Å². The lowest BCUT2D eigenvalue weighted by molar-refractivity contribution is -0.384. The summed E-state index contributed by atoms with van der Waals surface area (Å²) in [5, 5.41) is 13.2. The number of nitro groups is 1. The zero-order valence-electron chi connectivity index (χ0n) is 19.2. The molecule has 34 heavy (non-hydrogen) atoms. The summed E-state index contributed by atoms with van der Waals surface area (Å²) in [6.07, 6.45) is 0. The van der Waals surface area contributed by atoms with Crippen molar-refractivity contribution < 1.29 is 23.9 Å². The van der Waals surface area contributed by atoms with Crippen LogP contribution in [0.25, 0.3) is 21.9 Å². The van der Waals surface area contributed by atoms with Gasteiger partial charge < -0.3 is 14.2 Å². The summed E-state index contributed by atoms with van der Waals surface area (Å²) in [7, 11) is 4.53. The van der Waals surface area contributed by atoms with Gasteiger partial charge in [-0.15, -0.1) is 0 Å². The molecule has 0 amide bonds. The topological polar surface area (TPSA) is 87.9 Å². The molecule has 0 unspecified atom stereocenters. The van der Waals surface area contributed by atoms with E-state index in [2.05, 4.69) is 0 Å². The van der Waals surface area contributed by atoms with Gasteiger partial charge in [-0.2, -0.15) is 0 Å². The molecule has 0 bridgehead atoms. The Morgan fingerprint density at radius 3 is 2.00 bits per heavy atom. The fraction of sp³-hybridized carbons (Fsp3) is 0.148. The van der Waals surface area contributed by atoms with E-state index in [1.54, 1.807) is 55.6 Å². The number of rotatable bonds is 7. The molecule has 0 saturated carbocycles. The lowest BCUT2D eigenvalue weighted by Gasteiger charge is -2.16. The van der Waals surface area contributed by atoms with Crippen LogP contribution in [0.1, 0.15) is 21.5 Å². The molecular weight excluding hydrogens is 434 g/mol. The van der Waals surface area contributed by atoms with Crippen LogP contribution in [-0.4, -0.2) is 32.0 Å². The van der Waals surface area contributed by atoms with E-state index in [-0.39, 0.29) is 22.6 Å². The fourth-order valence-electron chi connectivity index (χ4n) is 3.99. The SMILES string of the molecule is COc1ccc(-c2c([N+](=O)[O-])cc3cc(OC)c(OC)cc3c2C(=O)c2ccc(C)cc2)cc1. The van der Waals surface area contributed by atoms with Gasteiger partial charge in [-0.05, 0) is 47.5 Å². The predicted octanol–water partition coefficient (Wildman–Crippen LogP) is 5.98. The third-order valence-corrected chi connectivity index (χ3v) is 5.74. The van der Waals surface area contributed by atoms with E-state index in [0.29, 0.717) is 39.1 Å². The largest absolute Gasteiger partial charge is 0.497 e. The molecule has 7 nitrogen and oxygen atoms in total. The molecule has 0 spiro atoms. The van der Waals surface area contributed by atoms with Crippen molar-refractivity contribution in [3.63, 3.8) is 0 Å². The second-order valence-corrected chi connectivity index (χ2v) is 7.75. The molecule has 4 aromatic carbocycles. The standard InChI is InChI=1S/C27H23NO6/c1-16-5-7-18(8-6-16)27(29)26-21-15-24(34-4)23(33-3)14-19(21)13-22(28(30)31)25(26)17-9-11-20(32-2)12-10-17/h5-15H,1-4H3. The van der Waals surface area contributed by atoms with Crippen molar-refractivity contribution in [3.05, 3.63) is 93.5 Å². The van der Waals surface area contributed by atoms with Gasteiger partial charge in [-0.25, -0.2) is 0 Å². The van der Waals surface area contributed by atoms with Crippen molar-refractivity contribution in [2.45, 2.75) is 6.92 Å². The molecule has 0 fully saturated rings. The highest BCUT2D eigenvalue weighted by atomic mass is 16.6. The van der Waals surface area contributed by atoms with Crippen LogP contribution < -0.4 is 14.2 Å². The van der Waals surface area contributed by atoms with Gasteiger partial charge in [-0.3, -0.25) is 14.9 Å². The van der Waals surface area contributed by atoms with Gasteiger partial charge >= 0.3 is 0 Å². The first kappa shape index (κ1) is 22.8. The van der Waals surface area contributed by atoms with E-state index in [1.165, 1.54) is 20.3 Å². The highest BCUT2D eigenvalue weighted by Crippen LogP contribution is 2.43. The minimum atomic E-state index is -0.471. The maximum Gasteiger partial charge on any atom is 0.278 e. The quantitative estimate of drug-likeness (QED) is 0.193. The van der Waals surface area contributed by atoms with Gasteiger partial charge in [-0.1, -0.05) is 42.0 Å². The molecule has 172 valence electrons. The van der Waals surface area contributed by atoms with Gasteiger partial charge in [0.15, 0.2) is 17.3 Å². The Kier molecular flexibility index (Phi) is 6.19.